The van der Waals surface area contributed by atoms with Crippen LogP contribution in [0.15, 0.2) is 73.3 Å². The van der Waals surface area contributed by atoms with E-state index in [-0.39, 0.29) is 12.4 Å². The van der Waals surface area contributed by atoms with Crippen LogP contribution in [0, 0.1) is 0 Å². The Morgan fingerprint density at radius 1 is 0.952 bits per heavy atom. The van der Waals surface area contributed by atoms with Crippen molar-refractivity contribution in [3.63, 3.8) is 0 Å². The molecule has 3 rings (SSSR count). The van der Waals surface area contributed by atoms with Crippen LogP contribution in [-0.4, -0.2) is 16.2 Å². The van der Waals surface area contributed by atoms with E-state index < -0.39 is 0 Å². The summed E-state index contributed by atoms with van der Waals surface area (Å²) in [6.45, 7) is 1.43. The fourth-order valence-electron chi connectivity index (χ4n) is 2.08. The smallest absolute Gasteiger partial charge is 0.120 e. The molecule has 0 unspecified atom stereocenters. The maximum Gasteiger partial charge on any atom is 0.120 e. The van der Waals surface area contributed by atoms with E-state index in [0.29, 0.717) is 6.61 Å². The van der Waals surface area contributed by atoms with E-state index in [9.17, 15) is 0 Å². The molecule has 2 aromatic carbocycles. The number of nitrogens with zero attached hydrogens (tertiary/aromatic N) is 2. The molecular weight excluding hydrogens is 284 g/mol. The molecule has 0 N–H and O–H groups in total. The Balaban J connectivity index is 0.00000161. The van der Waals surface area contributed by atoms with Crippen molar-refractivity contribution in [2.24, 2.45) is 0 Å². The highest BCUT2D eigenvalue weighted by molar-refractivity contribution is 5.85. The van der Waals surface area contributed by atoms with Crippen LogP contribution in [0.2, 0.25) is 0 Å². The summed E-state index contributed by atoms with van der Waals surface area (Å²) < 4.78 is 7.79. The zero-order valence-corrected chi connectivity index (χ0v) is 12.4. The first kappa shape index (κ1) is 15.1. The molecule has 0 bridgehead atoms. The summed E-state index contributed by atoms with van der Waals surface area (Å²) in [6.07, 6.45) is 5.50. The molecule has 0 saturated carbocycles. The molecule has 0 fully saturated rings. The third-order valence-corrected chi connectivity index (χ3v) is 3.12. The summed E-state index contributed by atoms with van der Waals surface area (Å²) >= 11 is 0. The van der Waals surface area contributed by atoms with Gasteiger partial charge in [0.1, 0.15) is 12.4 Å². The lowest BCUT2D eigenvalue weighted by atomic mass is 10.1. The Bertz CT molecular complexity index is 654. The van der Waals surface area contributed by atoms with E-state index in [1.165, 1.54) is 11.1 Å². The number of halogens is 1. The van der Waals surface area contributed by atoms with Gasteiger partial charge in [0.2, 0.25) is 0 Å². The van der Waals surface area contributed by atoms with Gasteiger partial charge in [0, 0.05) is 12.4 Å². The average Bonchev–Trinajstić information content (AvgIpc) is 3.02. The monoisotopic (exact) mass is 300 g/mol. The van der Waals surface area contributed by atoms with Gasteiger partial charge in [-0.25, -0.2) is 4.98 Å². The van der Waals surface area contributed by atoms with Gasteiger partial charge in [0.15, 0.2) is 0 Å². The van der Waals surface area contributed by atoms with E-state index in [1.54, 1.807) is 12.5 Å². The average molecular weight is 301 g/mol. The summed E-state index contributed by atoms with van der Waals surface area (Å²) in [6, 6.07) is 18.5. The number of benzene rings is 2. The summed E-state index contributed by atoms with van der Waals surface area (Å²) in [7, 11) is 0. The molecule has 21 heavy (non-hydrogen) atoms. The molecule has 0 radical (unpaired) electrons. The molecule has 3 nitrogen and oxygen atoms in total. The van der Waals surface area contributed by atoms with Crippen molar-refractivity contribution in [1.29, 1.82) is 0 Å². The van der Waals surface area contributed by atoms with Crippen molar-refractivity contribution < 1.29 is 4.74 Å². The first-order valence-electron chi connectivity index (χ1n) is 6.66. The third kappa shape index (κ3) is 4.10. The number of rotatable bonds is 5. The number of hydrogen-bond donors (Lipinski definition) is 0. The van der Waals surface area contributed by atoms with Crippen LogP contribution in [-0.2, 0) is 6.54 Å². The standard InChI is InChI=1S/C17H16N2O.ClH/c1-2-5-15(6-3-1)16-7-4-8-17(13-16)20-12-11-19-10-9-18-14-19;/h1-10,13-14H,11-12H2;1H. The van der Waals surface area contributed by atoms with Crippen molar-refractivity contribution in [1.82, 2.24) is 9.55 Å². The predicted molar refractivity (Wildman–Crippen MR) is 86.8 cm³/mol. The lowest BCUT2D eigenvalue weighted by Gasteiger charge is -2.08. The number of aromatic nitrogens is 2. The molecule has 0 aliphatic carbocycles. The van der Waals surface area contributed by atoms with Crippen LogP contribution in [0.3, 0.4) is 0 Å². The van der Waals surface area contributed by atoms with Crippen molar-refractivity contribution in [3.05, 3.63) is 73.3 Å². The highest BCUT2D eigenvalue weighted by Crippen LogP contribution is 2.23. The summed E-state index contributed by atoms with van der Waals surface area (Å²) in [5.74, 6) is 0.895. The van der Waals surface area contributed by atoms with Crippen LogP contribution >= 0.6 is 12.4 Å². The second-order valence-corrected chi connectivity index (χ2v) is 4.54. The Morgan fingerprint density at radius 3 is 2.52 bits per heavy atom. The van der Waals surface area contributed by atoms with Crippen LogP contribution in [0.5, 0.6) is 5.75 Å². The third-order valence-electron chi connectivity index (χ3n) is 3.12. The SMILES string of the molecule is Cl.c1ccc(-c2cccc(OCCn3ccnc3)c2)cc1. The Kier molecular flexibility index (Phi) is 5.41. The van der Waals surface area contributed by atoms with E-state index in [1.807, 2.05) is 41.1 Å². The second kappa shape index (κ2) is 7.50. The van der Waals surface area contributed by atoms with E-state index in [4.69, 9.17) is 4.74 Å². The molecule has 0 aliphatic rings. The zero-order chi connectivity index (χ0) is 13.6. The molecule has 1 heterocycles. The maximum absolute atomic E-state index is 5.79. The van der Waals surface area contributed by atoms with Gasteiger partial charge in [-0.2, -0.15) is 0 Å². The Morgan fingerprint density at radius 2 is 1.76 bits per heavy atom. The molecule has 0 spiro atoms. The summed E-state index contributed by atoms with van der Waals surface area (Å²) in [4.78, 5) is 4.01. The number of hydrogen-bond acceptors (Lipinski definition) is 2. The Hall–Kier alpha value is -2.26. The number of imidazole rings is 1. The van der Waals surface area contributed by atoms with Gasteiger partial charge in [-0.3, -0.25) is 0 Å². The minimum absolute atomic E-state index is 0. The molecule has 0 atom stereocenters. The molecule has 108 valence electrons. The highest BCUT2D eigenvalue weighted by Gasteiger charge is 1.99. The molecule has 4 heteroatoms. The van der Waals surface area contributed by atoms with Gasteiger partial charge in [0.25, 0.3) is 0 Å². The molecular formula is C17H17ClN2O. The van der Waals surface area contributed by atoms with Crippen LogP contribution < -0.4 is 4.74 Å². The first-order valence-corrected chi connectivity index (χ1v) is 6.66. The van der Waals surface area contributed by atoms with Crippen molar-refractivity contribution in [2.45, 2.75) is 6.54 Å². The summed E-state index contributed by atoms with van der Waals surface area (Å²) in [5, 5.41) is 0. The topological polar surface area (TPSA) is 27.1 Å². The fraction of sp³-hybridized carbons (Fsp3) is 0.118. The molecule has 0 saturated heterocycles. The van der Waals surface area contributed by atoms with Gasteiger partial charge in [-0.05, 0) is 23.3 Å². The van der Waals surface area contributed by atoms with E-state index in [0.717, 1.165) is 12.3 Å². The second-order valence-electron chi connectivity index (χ2n) is 4.54. The number of ether oxygens (including phenoxy) is 1. The highest BCUT2D eigenvalue weighted by atomic mass is 35.5. The van der Waals surface area contributed by atoms with Gasteiger partial charge in [-0.1, -0.05) is 42.5 Å². The van der Waals surface area contributed by atoms with Gasteiger partial charge in [0.05, 0.1) is 12.9 Å². The van der Waals surface area contributed by atoms with Crippen LogP contribution in [0.25, 0.3) is 11.1 Å². The van der Waals surface area contributed by atoms with E-state index in [2.05, 4.69) is 29.2 Å². The normalized spacial score (nSPS) is 9.90. The minimum Gasteiger partial charge on any atom is -0.492 e. The van der Waals surface area contributed by atoms with Crippen LogP contribution in [0.1, 0.15) is 0 Å². The Labute approximate surface area is 130 Å². The van der Waals surface area contributed by atoms with Crippen LogP contribution in [0.4, 0.5) is 0 Å². The molecule has 0 aliphatic heterocycles. The van der Waals surface area contributed by atoms with Crippen molar-refractivity contribution in [3.8, 4) is 16.9 Å². The van der Waals surface area contributed by atoms with Crippen molar-refractivity contribution in [2.75, 3.05) is 6.61 Å². The molecule has 0 amide bonds. The quantitative estimate of drug-likeness (QED) is 0.711. The van der Waals surface area contributed by atoms with Crippen molar-refractivity contribution >= 4 is 12.4 Å². The van der Waals surface area contributed by atoms with Gasteiger partial charge in [-0.15, -0.1) is 12.4 Å². The predicted octanol–water partition coefficient (Wildman–Crippen LogP) is 4.05. The summed E-state index contributed by atoms with van der Waals surface area (Å²) in [5.41, 5.74) is 2.37. The molecule has 3 aromatic rings. The fourth-order valence-corrected chi connectivity index (χ4v) is 2.08. The lowest BCUT2D eigenvalue weighted by Crippen LogP contribution is -2.06. The molecule has 1 aromatic heterocycles. The first-order chi connectivity index (χ1) is 9.92. The lowest BCUT2D eigenvalue weighted by molar-refractivity contribution is 0.298. The zero-order valence-electron chi connectivity index (χ0n) is 11.6. The van der Waals surface area contributed by atoms with Gasteiger partial charge >= 0.3 is 0 Å². The maximum atomic E-state index is 5.79. The van der Waals surface area contributed by atoms with Gasteiger partial charge < -0.3 is 9.30 Å². The minimum atomic E-state index is 0. The van der Waals surface area contributed by atoms with E-state index >= 15 is 0 Å². The largest absolute Gasteiger partial charge is 0.492 e.